The van der Waals surface area contributed by atoms with Gasteiger partial charge in [0.25, 0.3) is 5.91 Å². The van der Waals surface area contributed by atoms with Crippen molar-refractivity contribution in [1.29, 1.82) is 0 Å². The molecule has 2 aromatic heterocycles. The number of nitrogens with zero attached hydrogens (tertiary/aromatic N) is 6. The van der Waals surface area contributed by atoms with E-state index >= 15 is 0 Å². The first-order chi connectivity index (χ1) is 13.0. The van der Waals surface area contributed by atoms with Crippen molar-refractivity contribution in [2.75, 3.05) is 50.1 Å². The van der Waals surface area contributed by atoms with Crippen molar-refractivity contribution in [3.8, 4) is 0 Å². The van der Waals surface area contributed by atoms with Crippen LogP contribution in [0.5, 0.6) is 0 Å². The number of amides is 1. The summed E-state index contributed by atoms with van der Waals surface area (Å²) >= 11 is 0. The molecule has 8 heteroatoms. The van der Waals surface area contributed by atoms with E-state index in [-0.39, 0.29) is 5.91 Å². The molecule has 0 saturated carbocycles. The molecule has 140 valence electrons. The first kappa shape index (κ1) is 17.3. The number of carbonyl (C=O) groups is 1. The Bertz CT molecular complexity index is 973. The molecular formula is C19H23N7O. The van der Waals surface area contributed by atoms with Gasteiger partial charge >= 0.3 is 0 Å². The van der Waals surface area contributed by atoms with Crippen LogP contribution in [0, 0.1) is 6.92 Å². The minimum absolute atomic E-state index is 0.0131. The molecule has 1 aliphatic rings. The quantitative estimate of drug-likeness (QED) is 0.761. The van der Waals surface area contributed by atoms with E-state index in [9.17, 15) is 4.79 Å². The van der Waals surface area contributed by atoms with Gasteiger partial charge in [0.1, 0.15) is 17.8 Å². The van der Waals surface area contributed by atoms with Gasteiger partial charge in [-0.05, 0) is 31.2 Å². The highest BCUT2D eigenvalue weighted by atomic mass is 16.2. The Morgan fingerprint density at radius 1 is 1.11 bits per heavy atom. The van der Waals surface area contributed by atoms with Crippen molar-refractivity contribution in [3.05, 3.63) is 42.0 Å². The van der Waals surface area contributed by atoms with E-state index in [0.29, 0.717) is 18.8 Å². The Morgan fingerprint density at radius 3 is 2.56 bits per heavy atom. The zero-order valence-corrected chi connectivity index (χ0v) is 15.8. The number of anilines is 2. The summed E-state index contributed by atoms with van der Waals surface area (Å²) in [7, 11) is 3.96. The van der Waals surface area contributed by atoms with E-state index < -0.39 is 0 Å². The molecule has 0 radical (unpaired) electrons. The Morgan fingerprint density at radius 2 is 1.89 bits per heavy atom. The fraction of sp³-hybridized carbons (Fsp3) is 0.368. The van der Waals surface area contributed by atoms with Gasteiger partial charge in [-0.2, -0.15) is 5.10 Å². The monoisotopic (exact) mass is 365 g/mol. The largest absolute Gasteiger partial charge is 0.368 e. The maximum Gasteiger partial charge on any atom is 0.274 e. The second-order valence-electron chi connectivity index (χ2n) is 7.01. The fourth-order valence-corrected chi connectivity index (χ4v) is 3.44. The van der Waals surface area contributed by atoms with Crippen LogP contribution in [0.25, 0.3) is 10.9 Å². The Labute approximate surface area is 157 Å². The fourth-order valence-electron chi connectivity index (χ4n) is 3.44. The van der Waals surface area contributed by atoms with Gasteiger partial charge < -0.3 is 14.7 Å². The third-order valence-corrected chi connectivity index (χ3v) is 4.88. The van der Waals surface area contributed by atoms with Crippen molar-refractivity contribution in [2.24, 2.45) is 0 Å². The summed E-state index contributed by atoms with van der Waals surface area (Å²) < 4.78 is 0. The number of aryl methyl sites for hydroxylation is 1. The Balaban J connectivity index is 1.51. The van der Waals surface area contributed by atoms with Gasteiger partial charge in [-0.15, -0.1) is 0 Å². The molecule has 1 saturated heterocycles. The molecule has 0 aliphatic carbocycles. The highest BCUT2D eigenvalue weighted by Gasteiger charge is 2.24. The highest BCUT2D eigenvalue weighted by Crippen LogP contribution is 2.27. The number of piperazine rings is 1. The average Bonchev–Trinajstić information content (AvgIpc) is 3.13. The van der Waals surface area contributed by atoms with Gasteiger partial charge in [0.15, 0.2) is 0 Å². The first-order valence-corrected chi connectivity index (χ1v) is 9.01. The summed E-state index contributed by atoms with van der Waals surface area (Å²) in [5, 5.41) is 7.94. The molecule has 3 heterocycles. The molecule has 1 aliphatic heterocycles. The van der Waals surface area contributed by atoms with Crippen LogP contribution in [0.15, 0.2) is 30.6 Å². The predicted molar refractivity (Wildman–Crippen MR) is 105 cm³/mol. The molecule has 0 unspecified atom stereocenters. The van der Waals surface area contributed by atoms with Crippen LogP contribution in [0.3, 0.4) is 0 Å². The number of aromatic nitrogens is 4. The second kappa shape index (κ2) is 6.86. The number of carbonyl (C=O) groups excluding carboxylic acids is 1. The number of rotatable bonds is 3. The number of H-pyrrole nitrogens is 1. The predicted octanol–water partition coefficient (Wildman–Crippen LogP) is 1.69. The third-order valence-electron chi connectivity index (χ3n) is 4.88. The van der Waals surface area contributed by atoms with Gasteiger partial charge in [0.05, 0.1) is 5.52 Å². The highest BCUT2D eigenvalue weighted by molar-refractivity contribution is 5.93. The van der Waals surface area contributed by atoms with E-state index in [1.165, 1.54) is 0 Å². The van der Waals surface area contributed by atoms with Crippen LogP contribution < -0.4 is 9.80 Å². The lowest BCUT2D eigenvalue weighted by atomic mass is 10.1. The van der Waals surface area contributed by atoms with Crippen LogP contribution in [-0.4, -0.2) is 71.2 Å². The minimum atomic E-state index is -0.0131. The number of benzene rings is 1. The van der Waals surface area contributed by atoms with Crippen molar-refractivity contribution < 1.29 is 4.79 Å². The topological polar surface area (TPSA) is 81.2 Å². The second-order valence-corrected chi connectivity index (χ2v) is 7.01. The normalized spacial score (nSPS) is 14.6. The summed E-state index contributed by atoms with van der Waals surface area (Å²) in [5.41, 5.74) is 3.44. The summed E-state index contributed by atoms with van der Waals surface area (Å²) in [4.78, 5) is 27.5. The molecule has 1 fully saturated rings. The maximum absolute atomic E-state index is 12.6. The minimum Gasteiger partial charge on any atom is -0.368 e. The van der Waals surface area contributed by atoms with Gasteiger partial charge in [-0.1, -0.05) is 0 Å². The standard InChI is InChI=1S/C19H23N7O/c1-13-10-17(23-22-13)19(27)26-8-6-25(7-9-26)14-4-5-16-15(11-14)18(24(2)3)21-12-20-16/h4-5,10-12H,6-9H2,1-3H3,(H,22,23). The molecule has 3 aromatic rings. The molecule has 4 rings (SSSR count). The summed E-state index contributed by atoms with van der Waals surface area (Å²) in [5.74, 6) is 0.894. The average molecular weight is 365 g/mol. The summed E-state index contributed by atoms with van der Waals surface area (Å²) in [6.07, 6.45) is 1.60. The van der Waals surface area contributed by atoms with Crippen molar-refractivity contribution in [3.63, 3.8) is 0 Å². The zero-order chi connectivity index (χ0) is 19.0. The number of hydrogen-bond acceptors (Lipinski definition) is 6. The molecule has 0 spiro atoms. The molecule has 27 heavy (non-hydrogen) atoms. The van der Waals surface area contributed by atoms with E-state index in [1.807, 2.05) is 36.9 Å². The molecule has 8 nitrogen and oxygen atoms in total. The van der Waals surface area contributed by atoms with Crippen molar-refractivity contribution >= 4 is 28.3 Å². The zero-order valence-electron chi connectivity index (χ0n) is 15.8. The lowest BCUT2D eigenvalue weighted by Gasteiger charge is -2.36. The Kier molecular flexibility index (Phi) is 4.39. The number of nitrogens with one attached hydrogen (secondary N) is 1. The molecule has 0 atom stereocenters. The number of aromatic amines is 1. The molecule has 0 bridgehead atoms. The third kappa shape index (κ3) is 3.30. The number of hydrogen-bond donors (Lipinski definition) is 1. The summed E-state index contributed by atoms with van der Waals surface area (Å²) in [6, 6.07) is 8.05. The van der Waals surface area contributed by atoms with Crippen LogP contribution in [0.1, 0.15) is 16.2 Å². The molecule has 1 N–H and O–H groups in total. The molecule has 1 aromatic carbocycles. The molecule has 1 amide bonds. The van der Waals surface area contributed by atoms with Gasteiger partial charge in [0.2, 0.25) is 0 Å². The smallest absolute Gasteiger partial charge is 0.274 e. The lowest BCUT2D eigenvalue weighted by molar-refractivity contribution is 0.0741. The van der Waals surface area contributed by atoms with Gasteiger partial charge in [-0.3, -0.25) is 9.89 Å². The SMILES string of the molecule is Cc1cc(C(=O)N2CCN(c3ccc4ncnc(N(C)C)c4c3)CC2)n[nH]1. The van der Waals surface area contributed by atoms with Gasteiger partial charge in [0, 0.05) is 57.0 Å². The van der Waals surface area contributed by atoms with E-state index in [4.69, 9.17) is 0 Å². The maximum atomic E-state index is 12.6. The van der Waals surface area contributed by atoms with Crippen LogP contribution >= 0.6 is 0 Å². The van der Waals surface area contributed by atoms with E-state index in [0.717, 1.165) is 41.2 Å². The lowest BCUT2D eigenvalue weighted by Crippen LogP contribution is -2.48. The van der Waals surface area contributed by atoms with Crippen molar-refractivity contribution in [2.45, 2.75) is 6.92 Å². The van der Waals surface area contributed by atoms with Crippen molar-refractivity contribution in [1.82, 2.24) is 25.1 Å². The van der Waals surface area contributed by atoms with Crippen LogP contribution in [0.4, 0.5) is 11.5 Å². The first-order valence-electron chi connectivity index (χ1n) is 9.01. The van der Waals surface area contributed by atoms with E-state index in [2.05, 4.69) is 37.2 Å². The van der Waals surface area contributed by atoms with Gasteiger partial charge in [-0.25, -0.2) is 9.97 Å². The summed E-state index contributed by atoms with van der Waals surface area (Å²) in [6.45, 7) is 4.81. The Hall–Kier alpha value is -3.16. The molecular weight excluding hydrogens is 342 g/mol. The van der Waals surface area contributed by atoms with Crippen LogP contribution in [-0.2, 0) is 0 Å². The van der Waals surface area contributed by atoms with E-state index in [1.54, 1.807) is 12.4 Å². The number of fused-ring (bicyclic) bond motifs is 1. The van der Waals surface area contributed by atoms with Crippen LogP contribution in [0.2, 0.25) is 0 Å².